The van der Waals surface area contributed by atoms with Crippen LogP contribution in [-0.4, -0.2) is 6.71 Å². The fraction of sp³-hybridized carbons (Fsp3) is 0.100. The minimum atomic E-state index is -2.55. The molecule has 3 aromatic carbocycles. The maximum atomic E-state index is 14.5. The van der Waals surface area contributed by atoms with Gasteiger partial charge in [-0.05, 0) is 13.8 Å². The maximum Gasteiger partial charge on any atom is 0.257 e. The van der Waals surface area contributed by atoms with Gasteiger partial charge in [0.05, 0.1) is 0 Å². The van der Waals surface area contributed by atoms with Gasteiger partial charge in [0.2, 0.25) is 0 Å². The molecule has 0 saturated heterocycles. The van der Waals surface area contributed by atoms with Gasteiger partial charge in [0, 0.05) is 10.9 Å². The van der Waals surface area contributed by atoms with Crippen LogP contribution in [0.5, 0.6) is 0 Å². The zero-order valence-corrected chi connectivity index (χ0v) is 15.6. The molecule has 0 amide bonds. The molecule has 0 spiro atoms. The van der Waals surface area contributed by atoms with Crippen molar-refractivity contribution in [2.45, 2.75) is 13.8 Å². The smallest absolute Gasteiger partial charge is 0.204 e. The van der Waals surface area contributed by atoms with Crippen LogP contribution in [0.1, 0.15) is 11.1 Å². The second kappa shape index (κ2) is 7.94. The van der Waals surface area contributed by atoms with E-state index in [2.05, 4.69) is 0 Å². The van der Waals surface area contributed by atoms with E-state index >= 15 is 0 Å². The molecule has 0 unspecified atom stereocenters. The lowest BCUT2D eigenvalue weighted by atomic mass is 9.36. The van der Waals surface area contributed by atoms with Gasteiger partial charge in [-0.15, -0.1) is 0 Å². The maximum absolute atomic E-state index is 14.5. The zero-order valence-electron chi connectivity index (χ0n) is 15.6. The van der Waals surface area contributed by atoms with E-state index in [1.165, 1.54) is 19.9 Å². The number of benzene rings is 3. The number of hydrogen-bond acceptors (Lipinski definition) is 0. The molecule has 0 atom stereocenters. The third-order valence-electron chi connectivity index (χ3n) is 4.64. The molecule has 0 bridgehead atoms. The summed E-state index contributed by atoms with van der Waals surface area (Å²) in [5.74, 6) is -24.7. The van der Waals surface area contributed by atoms with Crippen molar-refractivity contribution >= 4 is 23.1 Å². The Morgan fingerprint density at radius 3 is 0.968 bits per heavy atom. The highest BCUT2D eigenvalue weighted by atomic mass is 19.2. The summed E-state index contributed by atoms with van der Waals surface area (Å²) in [5, 5.41) is 0. The molecule has 162 valence electrons. The summed E-state index contributed by atoms with van der Waals surface area (Å²) in [7, 11) is 0. The third-order valence-corrected chi connectivity index (χ3v) is 4.64. The Bertz CT molecular complexity index is 1070. The molecule has 31 heavy (non-hydrogen) atoms. The van der Waals surface area contributed by atoms with Gasteiger partial charge in [-0.25, -0.2) is 43.9 Å². The molecule has 0 aromatic heterocycles. The molecule has 0 fully saturated rings. The zero-order chi connectivity index (χ0) is 23.4. The minimum absolute atomic E-state index is 0.327. The molecular weight excluding hydrogens is 441 g/mol. The van der Waals surface area contributed by atoms with Crippen LogP contribution in [-0.2, 0) is 0 Å². The average Bonchev–Trinajstić information content (AvgIpc) is 2.71. The second-order valence-electron chi connectivity index (χ2n) is 6.82. The van der Waals surface area contributed by atoms with Gasteiger partial charge in [-0.1, -0.05) is 34.8 Å². The van der Waals surface area contributed by atoms with E-state index in [1.54, 1.807) is 0 Å². The van der Waals surface area contributed by atoms with Crippen LogP contribution in [0.15, 0.2) is 18.2 Å². The lowest BCUT2D eigenvalue weighted by Gasteiger charge is -2.20. The lowest BCUT2D eigenvalue weighted by Crippen LogP contribution is -2.58. The summed E-state index contributed by atoms with van der Waals surface area (Å²) in [6.07, 6.45) is 0. The molecule has 3 aromatic rings. The van der Waals surface area contributed by atoms with Crippen molar-refractivity contribution in [3.8, 4) is 0 Å². The van der Waals surface area contributed by atoms with Crippen LogP contribution in [0.4, 0.5) is 43.9 Å². The first-order valence-electron chi connectivity index (χ1n) is 8.49. The van der Waals surface area contributed by atoms with E-state index in [-0.39, 0.29) is 0 Å². The molecule has 0 aliphatic rings. The Morgan fingerprint density at radius 2 is 0.677 bits per heavy atom. The predicted octanol–water partition coefficient (Wildman–Crippen LogP) is 4.21. The Balaban J connectivity index is 2.55. The van der Waals surface area contributed by atoms with Gasteiger partial charge in [-0.2, -0.15) is 0 Å². The van der Waals surface area contributed by atoms with Crippen molar-refractivity contribution in [1.82, 2.24) is 0 Å². The molecule has 0 saturated carbocycles. The van der Waals surface area contributed by atoms with Crippen LogP contribution in [0.3, 0.4) is 0 Å². The Labute approximate surface area is 169 Å². The van der Waals surface area contributed by atoms with Crippen LogP contribution in [0, 0.1) is 72.0 Å². The summed E-state index contributed by atoms with van der Waals surface area (Å²) >= 11 is 0. The fourth-order valence-corrected chi connectivity index (χ4v) is 3.40. The summed E-state index contributed by atoms with van der Waals surface area (Å²) in [6, 6.07) is 3.62. The summed E-state index contributed by atoms with van der Waals surface area (Å²) in [4.78, 5) is 0. The first kappa shape index (κ1) is 22.7. The van der Waals surface area contributed by atoms with Gasteiger partial charge >= 0.3 is 0 Å². The molecule has 0 aliphatic carbocycles. The van der Waals surface area contributed by atoms with E-state index in [9.17, 15) is 43.9 Å². The van der Waals surface area contributed by atoms with Gasteiger partial charge < -0.3 is 0 Å². The molecule has 0 N–H and O–H groups in total. The highest BCUT2D eigenvalue weighted by Gasteiger charge is 2.40. The van der Waals surface area contributed by atoms with Crippen LogP contribution >= 0.6 is 0 Å². The molecule has 0 heterocycles. The van der Waals surface area contributed by atoms with Crippen molar-refractivity contribution in [1.29, 1.82) is 0 Å². The standard InChI is InChI=1S/C20H9BF10/c1-6-3-7(2)5-8(4-6)21(9-11(22)15(26)19(30)16(27)12(9)23)10-13(24)17(28)20(31)18(29)14(10)25/h3-5H,1-2H3. The van der Waals surface area contributed by atoms with Gasteiger partial charge in [0.1, 0.15) is 0 Å². The van der Waals surface area contributed by atoms with Gasteiger partial charge in [0.15, 0.2) is 58.2 Å². The van der Waals surface area contributed by atoms with E-state index in [1.807, 2.05) is 0 Å². The third kappa shape index (κ3) is 3.55. The molecule has 0 nitrogen and oxygen atoms in total. The largest absolute Gasteiger partial charge is 0.257 e. The SMILES string of the molecule is Cc1cc(C)cc(B(c2c(F)c(F)c(F)c(F)c2F)c2c(F)c(F)c(F)c(F)c2F)c1. The normalized spacial score (nSPS) is 11.2. The van der Waals surface area contributed by atoms with Crippen LogP contribution < -0.4 is 16.4 Å². The molecule has 0 aliphatic heterocycles. The van der Waals surface area contributed by atoms with Crippen molar-refractivity contribution in [3.63, 3.8) is 0 Å². The summed E-state index contributed by atoms with van der Waals surface area (Å²) < 4.78 is 140. The first-order chi connectivity index (χ1) is 14.4. The Hall–Kier alpha value is -2.98. The Morgan fingerprint density at radius 1 is 0.419 bits per heavy atom. The van der Waals surface area contributed by atoms with Gasteiger partial charge in [-0.3, -0.25) is 0 Å². The highest BCUT2D eigenvalue weighted by Crippen LogP contribution is 2.21. The van der Waals surface area contributed by atoms with E-state index in [0.29, 0.717) is 11.1 Å². The molecule has 3 rings (SSSR count). The summed E-state index contributed by atoms with van der Waals surface area (Å²) in [5.41, 5.74) is -3.32. The van der Waals surface area contributed by atoms with E-state index in [4.69, 9.17) is 0 Å². The second-order valence-corrected chi connectivity index (χ2v) is 6.82. The topological polar surface area (TPSA) is 0 Å². The molecule has 0 radical (unpaired) electrons. The van der Waals surface area contributed by atoms with Gasteiger partial charge in [0.25, 0.3) is 6.71 Å². The Kier molecular flexibility index (Phi) is 5.81. The van der Waals surface area contributed by atoms with Crippen molar-refractivity contribution in [2.75, 3.05) is 0 Å². The minimum Gasteiger partial charge on any atom is -0.204 e. The monoisotopic (exact) mass is 450 g/mol. The lowest BCUT2D eigenvalue weighted by molar-refractivity contribution is 0.382. The number of halogens is 10. The number of rotatable bonds is 3. The molecule has 11 heteroatoms. The van der Waals surface area contributed by atoms with Crippen LogP contribution in [0.2, 0.25) is 0 Å². The number of hydrogen-bond donors (Lipinski definition) is 0. The van der Waals surface area contributed by atoms with Crippen molar-refractivity contribution in [2.24, 2.45) is 0 Å². The molecular formula is C20H9BF10. The quantitative estimate of drug-likeness (QED) is 0.243. The number of aryl methyl sites for hydroxylation is 2. The van der Waals surface area contributed by atoms with E-state index in [0.717, 1.165) is 12.1 Å². The highest BCUT2D eigenvalue weighted by molar-refractivity contribution is 6.95. The summed E-state index contributed by atoms with van der Waals surface area (Å²) in [6.45, 7) is 0.322. The van der Waals surface area contributed by atoms with Crippen molar-refractivity contribution < 1.29 is 43.9 Å². The van der Waals surface area contributed by atoms with Crippen LogP contribution in [0.25, 0.3) is 0 Å². The fourth-order valence-electron chi connectivity index (χ4n) is 3.40. The predicted molar refractivity (Wildman–Crippen MR) is 93.0 cm³/mol. The first-order valence-corrected chi connectivity index (χ1v) is 8.49. The van der Waals surface area contributed by atoms with Crippen molar-refractivity contribution in [3.05, 3.63) is 87.5 Å². The average molecular weight is 450 g/mol. The van der Waals surface area contributed by atoms with E-state index < -0.39 is 81.3 Å².